The van der Waals surface area contributed by atoms with Crippen LogP contribution in [0.1, 0.15) is 18.4 Å². The molecule has 4 heteroatoms. The summed E-state index contributed by atoms with van der Waals surface area (Å²) in [5.74, 6) is 0.576. The molecular formula is C15H22FN3. The first-order valence-electron chi connectivity index (χ1n) is 6.45. The first kappa shape index (κ1) is 15.2. The van der Waals surface area contributed by atoms with Crippen molar-refractivity contribution in [3.8, 4) is 0 Å². The normalized spacial score (nSPS) is 11.2. The molecule has 0 aliphatic carbocycles. The minimum Gasteiger partial charge on any atom is -0.352 e. The molecule has 3 nitrogen and oxygen atoms in total. The summed E-state index contributed by atoms with van der Waals surface area (Å²) >= 11 is 0. The number of allylic oxidation sites excluding steroid dienone is 1. The smallest absolute Gasteiger partial charge is 0.193 e. The van der Waals surface area contributed by atoms with Crippen molar-refractivity contribution in [2.75, 3.05) is 20.6 Å². The summed E-state index contributed by atoms with van der Waals surface area (Å²) in [6, 6.07) is 6.76. The van der Waals surface area contributed by atoms with E-state index < -0.39 is 0 Å². The minimum absolute atomic E-state index is 0.195. The van der Waals surface area contributed by atoms with Crippen molar-refractivity contribution in [1.82, 2.24) is 10.2 Å². The van der Waals surface area contributed by atoms with Gasteiger partial charge in [-0.1, -0.05) is 24.3 Å². The van der Waals surface area contributed by atoms with E-state index in [-0.39, 0.29) is 5.82 Å². The predicted octanol–water partition coefficient (Wildman–Crippen LogP) is 2.80. The zero-order chi connectivity index (χ0) is 14.1. The van der Waals surface area contributed by atoms with Gasteiger partial charge >= 0.3 is 0 Å². The third kappa shape index (κ3) is 5.12. The Bertz CT molecular complexity index is 429. The number of guanidine groups is 1. The predicted molar refractivity (Wildman–Crippen MR) is 78.7 cm³/mol. The Morgan fingerprint density at radius 2 is 2.21 bits per heavy atom. The molecule has 0 radical (unpaired) electrons. The number of benzene rings is 1. The van der Waals surface area contributed by atoms with Crippen LogP contribution in [0.4, 0.5) is 4.39 Å². The van der Waals surface area contributed by atoms with Gasteiger partial charge in [0.2, 0.25) is 0 Å². The van der Waals surface area contributed by atoms with Crippen LogP contribution >= 0.6 is 0 Å². The van der Waals surface area contributed by atoms with E-state index in [2.05, 4.69) is 16.9 Å². The molecule has 0 aliphatic rings. The Labute approximate surface area is 114 Å². The number of hydrogen-bond donors (Lipinski definition) is 1. The Balaban J connectivity index is 2.49. The fourth-order valence-electron chi connectivity index (χ4n) is 1.78. The fourth-order valence-corrected chi connectivity index (χ4v) is 1.78. The van der Waals surface area contributed by atoms with Gasteiger partial charge in [0.15, 0.2) is 5.96 Å². The number of halogens is 1. The monoisotopic (exact) mass is 263 g/mol. The second kappa shape index (κ2) is 8.29. The van der Waals surface area contributed by atoms with Crippen LogP contribution in [-0.2, 0) is 6.54 Å². The molecule has 104 valence electrons. The van der Waals surface area contributed by atoms with Gasteiger partial charge in [-0.3, -0.25) is 4.99 Å². The summed E-state index contributed by atoms with van der Waals surface area (Å²) < 4.78 is 13.5. The highest BCUT2D eigenvalue weighted by Gasteiger charge is 2.06. The van der Waals surface area contributed by atoms with Gasteiger partial charge in [0.05, 0.1) is 0 Å². The summed E-state index contributed by atoms with van der Waals surface area (Å²) in [6.45, 7) is 5.03. The van der Waals surface area contributed by atoms with Crippen molar-refractivity contribution in [3.63, 3.8) is 0 Å². The number of nitrogens with one attached hydrogen (secondary N) is 1. The number of hydrogen-bond acceptors (Lipinski definition) is 1. The molecule has 1 N–H and O–H groups in total. The first-order chi connectivity index (χ1) is 9.19. The van der Waals surface area contributed by atoms with Gasteiger partial charge in [0.25, 0.3) is 0 Å². The van der Waals surface area contributed by atoms with E-state index >= 15 is 0 Å². The molecule has 1 rings (SSSR count). The van der Waals surface area contributed by atoms with Crippen molar-refractivity contribution >= 4 is 5.96 Å². The number of nitrogens with zero attached hydrogens (tertiary/aromatic N) is 2. The van der Waals surface area contributed by atoms with Crippen molar-refractivity contribution in [1.29, 1.82) is 0 Å². The van der Waals surface area contributed by atoms with Gasteiger partial charge < -0.3 is 10.2 Å². The van der Waals surface area contributed by atoms with Crippen LogP contribution in [0.3, 0.4) is 0 Å². The second-order valence-corrected chi connectivity index (χ2v) is 4.34. The Hall–Kier alpha value is -1.84. The molecule has 0 heterocycles. The molecule has 0 spiro atoms. The molecule has 0 fully saturated rings. The summed E-state index contributed by atoms with van der Waals surface area (Å²) in [5, 5.41) is 3.16. The van der Waals surface area contributed by atoms with Gasteiger partial charge in [0, 0.05) is 32.7 Å². The lowest BCUT2D eigenvalue weighted by atomic mass is 10.2. The maximum absolute atomic E-state index is 13.5. The van der Waals surface area contributed by atoms with Crippen LogP contribution in [0.15, 0.2) is 41.9 Å². The maximum atomic E-state index is 13.5. The van der Waals surface area contributed by atoms with Gasteiger partial charge in [0.1, 0.15) is 5.82 Å². The van der Waals surface area contributed by atoms with Crippen molar-refractivity contribution in [3.05, 3.63) is 48.3 Å². The van der Waals surface area contributed by atoms with Crippen LogP contribution in [-0.4, -0.2) is 31.5 Å². The summed E-state index contributed by atoms with van der Waals surface area (Å²) in [6.07, 6.45) is 3.92. The number of rotatable bonds is 6. The van der Waals surface area contributed by atoms with Gasteiger partial charge in [-0.25, -0.2) is 4.39 Å². The van der Waals surface area contributed by atoms with Gasteiger partial charge in [-0.2, -0.15) is 0 Å². The average molecular weight is 263 g/mol. The van der Waals surface area contributed by atoms with E-state index in [1.807, 2.05) is 24.1 Å². The van der Waals surface area contributed by atoms with E-state index in [1.54, 1.807) is 19.2 Å². The van der Waals surface area contributed by atoms with E-state index in [4.69, 9.17) is 0 Å². The van der Waals surface area contributed by atoms with Crippen LogP contribution in [0, 0.1) is 5.82 Å². The number of unbranched alkanes of at least 4 members (excludes halogenated alkanes) is 1. The molecule has 0 aromatic heterocycles. The lowest BCUT2D eigenvalue weighted by Gasteiger charge is -2.22. The molecule has 0 atom stereocenters. The van der Waals surface area contributed by atoms with E-state index in [9.17, 15) is 4.39 Å². The van der Waals surface area contributed by atoms with Crippen LogP contribution < -0.4 is 5.32 Å². The van der Waals surface area contributed by atoms with Crippen LogP contribution in [0.25, 0.3) is 0 Å². The Kier molecular flexibility index (Phi) is 6.64. The molecule has 1 aromatic carbocycles. The summed E-state index contributed by atoms with van der Waals surface area (Å²) in [4.78, 5) is 6.23. The molecule has 0 aliphatic heterocycles. The van der Waals surface area contributed by atoms with Crippen LogP contribution in [0.5, 0.6) is 0 Å². The van der Waals surface area contributed by atoms with E-state index in [0.29, 0.717) is 12.1 Å². The van der Waals surface area contributed by atoms with Crippen molar-refractivity contribution in [2.45, 2.75) is 19.4 Å². The topological polar surface area (TPSA) is 27.6 Å². The number of aliphatic imine (C=N–C) groups is 1. The average Bonchev–Trinajstić information content (AvgIpc) is 2.41. The maximum Gasteiger partial charge on any atom is 0.193 e. The molecule has 0 unspecified atom stereocenters. The lowest BCUT2D eigenvalue weighted by Crippen LogP contribution is -2.39. The Morgan fingerprint density at radius 1 is 1.47 bits per heavy atom. The third-order valence-corrected chi connectivity index (χ3v) is 2.87. The first-order valence-corrected chi connectivity index (χ1v) is 6.45. The van der Waals surface area contributed by atoms with Crippen molar-refractivity contribution < 1.29 is 4.39 Å². The molecule has 0 saturated carbocycles. The SMILES string of the molecule is C=CCCCN(C)C(=NC)NCc1ccccc1F. The largest absolute Gasteiger partial charge is 0.352 e. The second-order valence-electron chi connectivity index (χ2n) is 4.34. The summed E-state index contributed by atoms with van der Waals surface area (Å²) in [5.41, 5.74) is 0.642. The lowest BCUT2D eigenvalue weighted by molar-refractivity contribution is 0.468. The highest BCUT2D eigenvalue weighted by atomic mass is 19.1. The zero-order valence-corrected chi connectivity index (χ0v) is 11.7. The van der Waals surface area contributed by atoms with Gasteiger partial charge in [-0.05, 0) is 18.9 Å². The molecule has 0 bridgehead atoms. The zero-order valence-electron chi connectivity index (χ0n) is 11.7. The van der Waals surface area contributed by atoms with Crippen LogP contribution in [0.2, 0.25) is 0 Å². The van der Waals surface area contributed by atoms with E-state index in [0.717, 1.165) is 25.3 Å². The highest BCUT2D eigenvalue weighted by molar-refractivity contribution is 5.79. The van der Waals surface area contributed by atoms with Crippen molar-refractivity contribution in [2.24, 2.45) is 4.99 Å². The highest BCUT2D eigenvalue weighted by Crippen LogP contribution is 2.05. The minimum atomic E-state index is -0.195. The molecule has 0 amide bonds. The fraction of sp³-hybridized carbons (Fsp3) is 0.400. The summed E-state index contributed by atoms with van der Waals surface area (Å²) in [7, 11) is 3.70. The van der Waals surface area contributed by atoms with Gasteiger partial charge in [-0.15, -0.1) is 6.58 Å². The Morgan fingerprint density at radius 3 is 2.84 bits per heavy atom. The molecule has 0 saturated heterocycles. The molecule has 1 aromatic rings. The quantitative estimate of drug-likeness (QED) is 0.370. The third-order valence-electron chi connectivity index (χ3n) is 2.87. The molecule has 19 heavy (non-hydrogen) atoms. The standard InChI is InChI=1S/C15H22FN3/c1-4-5-8-11-19(3)15(17-2)18-12-13-9-6-7-10-14(13)16/h4,6-7,9-10H,1,5,8,11-12H2,2-3H3,(H,17,18). The van der Waals surface area contributed by atoms with E-state index in [1.165, 1.54) is 6.07 Å². The molecular weight excluding hydrogens is 241 g/mol.